The maximum absolute atomic E-state index is 11.8. The van der Waals surface area contributed by atoms with E-state index in [4.69, 9.17) is 0 Å². The Kier molecular flexibility index (Phi) is 2.35. The van der Waals surface area contributed by atoms with Gasteiger partial charge in [-0.15, -0.1) is 0 Å². The highest BCUT2D eigenvalue weighted by Crippen LogP contribution is 2.26. The van der Waals surface area contributed by atoms with Gasteiger partial charge in [-0.25, -0.2) is 0 Å². The molecule has 2 atom stereocenters. The lowest BCUT2D eigenvalue weighted by molar-refractivity contribution is -0.133. The van der Waals surface area contributed by atoms with Gasteiger partial charge in [0, 0.05) is 12.8 Å². The molecule has 17 heavy (non-hydrogen) atoms. The zero-order valence-corrected chi connectivity index (χ0v) is 9.43. The van der Waals surface area contributed by atoms with Gasteiger partial charge in [0.1, 0.15) is 12.2 Å². The van der Waals surface area contributed by atoms with Crippen molar-refractivity contribution in [2.24, 2.45) is 0 Å². The third kappa shape index (κ3) is 1.69. The second kappa shape index (κ2) is 3.87. The molecule has 2 aliphatic rings. The molecule has 0 saturated carbocycles. The van der Waals surface area contributed by atoms with Gasteiger partial charge in [0.2, 0.25) is 11.8 Å². The van der Waals surface area contributed by atoms with Crippen LogP contribution in [0.4, 0.5) is 0 Å². The summed E-state index contributed by atoms with van der Waals surface area (Å²) >= 11 is 0. The molecule has 1 unspecified atom stereocenters. The maximum atomic E-state index is 11.8. The first kappa shape index (κ1) is 10.3. The van der Waals surface area contributed by atoms with Crippen LogP contribution in [0.15, 0.2) is 30.3 Å². The summed E-state index contributed by atoms with van der Waals surface area (Å²) in [5.41, 5.74) is 1.09. The Labute approximate surface area is 99.6 Å². The third-order valence-corrected chi connectivity index (χ3v) is 3.47. The van der Waals surface area contributed by atoms with Crippen molar-refractivity contribution < 1.29 is 9.59 Å². The molecule has 2 fully saturated rings. The first-order valence-electron chi connectivity index (χ1n) is 5.91. The number of rotatable bonds is 2. The van der Waals surface area contributed by atoms with E-state index in [1.807, 2.05) is 30.3 Å². The van der Waals surface area contributed by atoms with Crippen molar-refractivity contribution in [2.75, 3.05) is 0 Å². The molecule has 1 N–H and O–H groups in total. The number of nitrogens with zero attached hydrogens (tertiary/aromatic N) is 1. The zero-order chi connectivity index (χ0) is 11.8. The van der Waals surface area contributed by atoms with Gasteiger partial charge in [-0.2, -0.15) is 0 Å². The SMILES string of the molecule is O=C1NC2CCC(=O)N2[C@H]1Cc1ccccc1. The van der Waals surface area contributed by atoms with Gasteiger partial charge in [0.25, 0.3) is 0 Å². The fraction of sp³-hybridized carbons (Fsp3) is 0.385. The van der Waals surface area contributed by atoms with Crippen LogP contribution in [0, 0.1) is 0 Å². The van der Waals surface area contributed by atoms with Crippen LogP contribution in [0.5, 0.6) is 0 Å². The predicted molar refractivity (Wildman–Crippen MR) is 61.9 cm³/mol. The number of carbonyl (C=O) groups is 2. The average molecular weight is 230 g/mol. The second-order valence-corrected chi connectivity index (χ2v) is 4.57. The normalized spacial score (nSPS) is 27.2. The Balaban J connectivity index is 1.82. The molecule has 0 aliphatic carbocycles. The van der Waals surface area contributed by atoms with Gasteiger partial charge in [-0.05, 0) is 12.0 Å². The first-order valence-corrected chi connectivity index (χ1v) is 5.91. The minimum Gasteiger partial charge on any atom is -0.334 e. The highest BCUT2D eigenvalue weighted by atomic mass is 16.2. The first-order chi connectivity index (χ1) is 8.25. The van der Waals surface area contributed by atoms with Crippen LogP contribution in [0.3, 0.4) is 0 Å². The van der Waals surface area contributed by atoms with Crippen LogP contribution in [-0.4, -0.2) is 28.9 Å². The number of hydrogen-bond acceptors (Lipinski definition) is 2. The van der Waals surface area contributed by atoms with Crippen molar-refractivity contribution in [1.29, 1.82) is 0 Å². The van der Waals surface area contributed by atoms with Crippen LogP contribution in [0.1, 0.15) is 18.4 Å². The molecular formula is C13H14N2O2. The second-order valence-electron chi connectivity index (χ2n) is 4.57. The van der Waals surface area contributed by atoms with Crippen LogP contribution in [0.25, 0.3) is 0 Å². The summed E-state index contributed by atoms with van der Waals surface area (Å²) in [6, 6.07) is 9.50. The molecule has 0 spiro atoms. The molecule has 88 valence electrons. The summed E-state index contributed by atoms with van der Waals surface area (Å²) in [5.74, 6) is 0.0705. The van der Waals surface area contributed by atoms with E-state index in [2.05, 4.69) is 5.32 Å². The number of nitrogens with one attached hydrogen (secondary N) is 1. The smallest absolute Gasteiger partial charge is 0.244 e. The predicted octanol–water partition coefficient (Wildman–Crippen LogP) is 0.676. The number of hydrogen-bond donors (Lipinski definition) is 1. The molecule has 1 aromatic rings. The molecule has 2 saturated heterocycles. The minimum atomic E-state index is -0.322. The van der Waals surface area contributed by atoms with Gasteiger partial charge < -0.3 is 10.2 Å². The fourth-order valence-electron chi connectivity index (χ4n) is 2.65. The molecule has 0 bridgehead atoms. The lowest BCUT2D eigenvalue weighted by Crippen LogP contribution is -2.38. The van der Waals surface area contributed by atoms with E-state index in [1.165, 1.54) is 0 Å². The summed E-state index contributed by atoms with van der Waals surface area (Å²) in [6.07, 6.45) is 1.84. The monoisotopic (exact) mass is 230 g/mol. The van der Waals surface area contributed by atoms with Gasteiger partial charge in [-0.1, -0.05) is 30.3 Å². The average Bonchev–Trinajstić information content (AvgIpc) is 2.83. The summed E-state index contributed by atoms with van der Waals surface area (Å²) in [6.45, 7) is 0. The molecular weight excluding hydrogens is 216 g/mol. The molecule has 1 aromatic carbocycles. The molecule has 0 radical (unpaired) electrons. The lowest BCUT2D eigenvalue weighted by Gasteiger charge is -2.20. The number of amides is 2. The molecule has 4 nitrogen and oxygen atoms in total. The van der Waals surface area contributed by atoms with Gasteiger partial charge in [0.15, 0.2) is 0 Å². The van der Waals surface area contributed by atoms with Gasteiger partial charge >= 0.3 is 0 Å². The summed E-state index contributed by atoms with van der Waals surface area (Å²) in [5, 5.41) is 2.88. The van der Waals surface area contributed by atoms with Crippen molar-refractivity contribution in [1.82, 2.24) is 10.2 Å². The molecule has 0 aromatic heterocycles. The minimum absolute atomic E-state index is 0.0214. The fourth-order valence-corrected chi connectivity index (χ4v) is 2.65. The summed E-state index contributed by atoms with van der Waals surface area (Å²) in [7, 11) is 0. The highest BCUT2D eigenvalue weighted by molar-refractivity contribution is 5.93. The quantitative estimate of drug-likeness (QED) is 0.812. The molecule has 2 amide bonds. The lowest BCUT2D eigenvalue weighted by atomic mass is 10.1. The van der Waals surface area contributed by atoms with Crippen molar-refractivity contribution in [3.8, 4) is 0 Å². The van der Waals surface area contributed by atoms with Crippen LogP contribution < -0.4 is 5.32 Å². The molecule has 3 rings (SSSR count). The Morgan fingerprint density at radius 2 is 2.00 bits per heavy atom. The Bertz CT molecular complexity index is 458. The van der Waals surface area contributed by atoms with Crippen molar-refractivity contribution >= 4 is 11.8 Å². The third-order valence-electron chi connectivity index (χ3n) is 3.47. The summed E-state index contributed by atoms with van der Waals surface area (Å²) < 4.78 is 0. The maximum Gasteiger partial charge on any atom is 0.244 e. The number of benzene rings is 1. The van der Waals surface area contributed by atoms with E-state index in [1.54, 1.807) is 4.90 Å². The Morgan fingerprint density at radius 1 is 1.24 bits per heavy atom. The van der Waals surface area contributed by atoms with Crippen LogP contribution in [0.2, 0.25) is 0 Å². The largest absolute Gasteiger partial charge is 0.334 e. The number of fused-ring (bicyclic) bond motifs is 1. The molecule has 4 heteroatoms. The Hall–Kier alpha value is -1.84. The van der Waals surface area contributed by atoms with Crippen molar-refractivity contribution in [2.45, 2.75) is 31.5 Å². The van der Waals surface area contributed by atoms with Crippen molar-refractivity contribution in [3.05, 3.63) is 35.9 Å². The topological polar surface area (TPSA) is 49.4 Å². The van der Waals surface area contributed by atoms with Crippen LogP contribution in [-0.2, 0) is 16.0 Å². The van der Waals surface area contributed by atoms with E-state index in [-0.39, 0.29) is 24.0 Å². The highest BCUT2D eigenvalue weighted by Gasteiger charge is 2.45. The van der Waals surface area contributed by atoms with E-state index < -0.39 is 0 Å². The number of carbonyl (C=O) groups excluding carboxylic acids is 2. The van der Waals surface area contributed by atoms with E-state index in [9.17, 15) is 9.59 Å². The van der Waals surface area contributed by atoms with Crippen molar-refractivity contribution in [3.63, 3.8) is 0 Å². The summed E-state index contributed by atoms with van der Waals surface area (Å²) in [4.78, 5) is 25.3. The van der Waals surface area contributed by atoms with Gasteiger partial charge in [-0.3, -0.25) is 9.59 Å². The van der Waals surface area contributed by atoms with Crippen LogP contribution >= 0.6 is 0 Å². The van der Waals surface area contributed by atoms with Gasteiger partial charge in [0.05, 0.1) is 0 Å². The van der Waals surface area contributed by atoms with E-state index in [0.717, 1.165) is 12.0 Å². The van der Waals surface area contributed by atoms with E-state index in [0.29, 0.717) is 12.8 Å². The molecule has 2 aliphatic heterocycles. The standard InChI is InChI=1S/C13H14N2O2/c16-12-7-6-11-14-13(17)10(15(11)12)8-9-4-2-1-3-5-9/h1-5,10-11H,6-8H2,(H,14,17)/t10-,11?/m0/s1. The zero-order valence-electron chi connectivity index (χ0n) is 9.43. The molecule has 2 heterocycles. The van der Waals surface area contributed by atoms with E-state index >= 15 is 0 Å². The Morgan fingerprint density at radius 3 is 2.76 bits per heavy atom.